The molecule has 0 atom stereocenters. The molecular weight excluding hydrogens is 136 g/mol. The second kappa shape index (κ2) is 1.61. The van der Waals surface area contributed by atoms with Gasteiger partial charge in [-0.15, -0.1) is 0 Å². The molecule has 0 saturated heterocycles. The van der Waals surface area contributed by atoms with Crippen LogP contribution in [0.5, 0.6) is 0 Å². The number of hydrogen-bond acceptors (Lipinski definition) is 0. The van der Waals surface area contributed by atoms with Gasteiger partial charge >= 0.3 is 11.8 Å². The van der Waals surface area contributed by atoms with Crippen LogP contribution in [0.4, 0.5) is 17.6 Å². The highest BCUT2D eigenvalue weighted by atomic mass is 19.3. The first kappa shape index (κ1) is 6.83. The molecule has 1 aliphatic rings. The van der Waals surface area contributed by atoms with E-state index in [4.69, 9.17) is 0 Å². The van der Waals surface area contributed by atoms with E-state index in [9.17, 15) is 17.6 Å². The van der Waals surface area contributed by atoms with E-state index in [0.29, 0.717) is 0 Å². The molecule has 0 bridgehead atoms. The Balaban J connectivity index is 2.75. The molecule has 0 spiro atoms. The smallest absolute Gasteiger partial charge is 0.200 e. The van der Waals surface area contributed by atoms with E-state index < -0.39 is 24.7 Å². The van der Waals surface area contributed by atoms with Crippen molar-refractivity contribution >= 4 is 0 Å². The third kappa shape index (κ3) is 0.904. The summed E-state index contributed by atoms with van der Waals surface area (Å²) in [6.07, 6.45) is -0.667. The molecule has 1 aliphatic carbocycles. The van der Waals surface area contributed by atoms with Crippen LogP contribution in [-0.2, 0) is 0 Å². The fourth-order valence-corrected chi connectivity index (χ4v) is 0.733. The summed E-state index contributed by atoms with van der Waals surface area (Å²) in [4.78, 5) is 0. The zero-order chi connectivity index (χ0) is 7.12. The van der Waals surface area contributed by atoms with E-state index in [1.807, 2.05) is 0 Å². The minimum Gasteiger partial charge on any atom is -0.200 e. The maximum Gasteiger partial charge on any atom is 0.310 e. The highest BCUT2D eigenvalue weighted by molar-refractivity contribution is 4.99. The lowest BCUT2D eigenvalue weighted by molar-refractivity contribution is -0.185. The molecule has 53 valence electrons. The summed E-state index contributed by atoms with van der Waals surface area (Å²) in [6.45, 7) is 0. The molecule has 1 rings (SSSR count). The molecule has 0 amide bonds. The van der Waals surface area contributed by atoms with Crippen LogP contribution in [-0.4, -0.2) is 11.8 Å². The number of alkyl halides is 4. The van der Waals surface area contributed by atoms with Crippen molar-refractivity contribution in [2.45, 2.75) is 24.7 Å². The van der Waals surface area contributed by atoms with Crippen LogP contribution >= 0.6 is 0 Å². The van der Waals surface area contributed by atoms with Gasteiger partial charge in [-0.25, -0.2) is 0 Å². The quantitative estimate of drug-likeness (QED) is 0.454. The summed E-state index contributed by atoms with van der Waals surface area (Å²) in [5.41, 5.74) is 0. The van der Waals surface area contributed by atoms with Gasteiger partial charge in [0, 0.05) is 12.8 Å². The Hall–Kier alpha value is -0.280. The topological polar surface area (TPSA) is 0 Å². The molecule has 0 aromatic rings. The second-order valence-electron chi connectivity index (χ2n) is 2.11. The van der Waals surface area contributed by atoms with Crippen LogP contribution in [0, 0.1) is 6.42 Å². The van der Waals surface area contributed by atoms with Crippen LogP contribution in [0.2, 0.25) is 0 Å². The highest BCUT2D eigenvalue weighted by Gasteiger charge is 2.59. The zero-order valence-electron chi connectivity index (χ0n) is 4.50. The maximum absolute atomic E-state index is 11.9. The molecule has 0 nitrogen and oxygen atoms in total. The fourth-order valence-electron chi connectivity index (χ4n) is 0.733. The minimum atomic E-state index is -3.80. The predicted octanol–water partition coefficient (Wildman–Crippen LogP) is 2.26. The monoisotopic (exact) mass is 141 g/mol. The van der Waals surface area contributed by atoms with Crippen molar-refractivity contribution in [1.82, 2.24) is 0 Å². The summed E-state index contributed by atoms with van der Waals surface area (Å²) in [7, 11) is 0. The van der Waals surface area contributed by atoms with Crippen LogP contribution in [0.15, 0.2) is 0 Å². The molecule has 0 aromatic carbocycles. The first-order chi connectivity index (χ1) is 3.96. The Kier molecular flexibility index (Phi) is 1.22. The molecular formula is C5H5F4. The molecule has 1 fully saturated rings. The van der Waals surface area contributed by atoms with Gasteiger partial charge in [0.05, 0.1) is 0 Å². The molecule has 0 N–H and O–H groups in total. The lowest BCUT2D eigenvalue weighted by atomic mass is 10.2. The first-order valence-corrected chi connectivity index (χ1v) is 2.53. The fraction of sp³-hybridized carbons (Fsp3) is 0.800. The van der Waals surface area contributed by atoms with E-state index in [2.05, 4.69) is 0 Å². The minimum absolute atomic E-state index is 0.792. The summed E-state index contributed by atoms with van der Waals surface area (Å²) >= 11 is 0. The third-order valence-electron chi connectivity index (χ3n) is 1.34. The Morgan fingerprint density at radius 2 is 1.22 bits per heavy atom. The van der Waals surface area contributed by atoms with Crippen molar-refractivity contribution in [3.8, 4) is 0 Å². The van der Waals surface area contributed by atoms with Crippen molar-refractivity contribution < 1.29 is 17.6 Å². The lowest BCUT2D eigenvalue weighted by Gasteiger charge is -2.16. The summed E-state index contributed by atoms with van der Waals surface area (Å²) in [5, 5.41) is 0. The average Bonchev–Trinajstić information content (AvgIpc) is 1.81. The third-order valence-corrected chi connectivity index (χ3v) is 1.34. The molecule has 9 heavy (non-hydrogen) atoms. The SMILES string of the molecule is FC1(F)C[CH]CC1(F)F. The normalized spacial score (nSPS) is 30.7. The Labute approximate surface area is 49.9 Å². The number of halogens is 4. The number of rotatable bonds is 0. The summed E-state index contributed by atoms with van der Waals surface area (Å²) < 4.78 is 47.8. The van der Waals surface area contributed by atoms with Crippen LogP contribution < -0.4 is 0 Å². The van der Waals surface area contributed by atoms with Gasteiger partial charge in [0.15, 0.2) is 0 Å². The van der Waals surface area contributed by atoms with Gasteiger partial charge in [0.2, 0.25) is 0 Å². The van der Waals surface area contributed by atoms with Crippen LogP contribution in [0.1, 0.15) is 12.8 Å². The Morgan fingerprint density at radius 3 is 1.33 bits per heavy atom. The van der Waals surface area contributed by atoms with Crippen LogP contribution in [0.25, 0.3) is 0 Å². The highest BCUT2D eigenvalue weighted by Crippen LogP contribution is 2.46. The predicted molar refractivity (Wildman–Crippen MR) is 23.4 cm³/mol. The van der Waals surface area contributed by atoms with Crippen molar-refractivity contribution in [3.63, 3.8) is 0 Å². The Bertz CT molecular complexity index is 104. The Morgan fingerprint density at radius 1 is 0.889 bits per heavy atom. The van der Waals surface area contributed by atoms with Gasteiger partial charge < -0.3 is 0 Å². The summed E-state index contributed by atoms with van der Waals surface area (Å²) in [5.74, 6) is -7.60. The van der Waals surface area contributed by atoms with Gasteiger partial charge in [-0.1, -0.05) is 0 Å². The molecule has 4 heteroatoms. The van der Waals surface area contributed by atoms with Crippen molar-refractivity contribution in [1.29, 1.82) is 0 Å². The van der Waals surface area contributed by atoms with E-state index in [1.165, 1.54) is 0 Å². The van der Waals surface area contributed by atoms with E-state index >= 15 is 0 Å². The standard InChI is InChI=1S/C5H5F4/c6-4(7)2-1-3-5(4,8)9/h1H,2-3H2. The van der Waals surface area contributed by atoms with Gasteiger partial charge in [0.1, 0.15) is 0 Å². The van der Waals surface area contributed by atoms with Gasteiger partial charge in [-0.2, -0.15) is 17.6 Å². The molecule has 0 aromatic heterocycles. The van der Waals surface area contributed by atoms with Crippen molar-refractivity contribution in [2.75, 3.05) is 0 Å². The molecule has 0 heterocycles. The number of hydrogen-bond donors (Lipinski definition) is 0. The van der Waals surface area contributed by atoms with Crippen molar-refractivity contribution in [3.05, 3.63) is 6.42 Å². The average molecular weight is 141 g/mol. The van der Waals surface area contributed by atoms with Crippen molar-refractivity contribution in [2.24, 2.45) is 0 Å². The molecule has 1 radical (unpaired) electrons. The lowest BCUT2D eigenvalue weighted by Crippen LogP contribution is -2.33. The molecule has 0 unspecified atom stereocenters. The summed E-state index contributed by atoms with van der Waals surface area (Å²) in [6, 6.07) is 0. The van der Waals surface area contributed by atoms with E-state index in [-0.39, 0.29) is 0 Å². The second-order valence-corrected chi connectivity index (χ2v) is 2.11. The molecule has 0 aliphatic heterocycles. The van der Waals surface area contributed by atoms with Crippen LogP contribution in [0.3, 0.4) is 0 Å². The maximum atomic E-state index is 11.9. The van der Waals surface area contributed by atoms with Gasteiger partial charge in [-0.05, 0) is 6.42 Å². The van der Waals surface area contributed by atoms with E-state index in [0.717, 1.165) is 6.42 Å². The largest absolute Gasteiger partial charge is 0.310 e. The van der Waals surface area contributed by atoms with E-state index in [1.54, 1.807) is 0 Å². The first-order valence-electron chi connectivity index (χ1n) is 2.53. The van der Waals surface area contributed by atoms with Gasteiger partial charge in [0.25, 0.3) is 0 Å². The zero-order valence-corrected chi connectivity index (χ0v) is 4.50. The van der Waals surface area contributed by atoms with Gasteiger partial charge in [-0.3, -0.25) is 0 Å². The molecule has 1 saturated carbocycles.